The SMILES string of the molecule is CCc1ccccc1NC(=O)CN(C)CC(=O)Nc1cc(C(C)(C)C)nn1-c1ccccc1. The molecule has 1 aromatic heterocycles. The number of para-hydroxylation sites is 2. The zero-order valence-electron chi connectivity index (χ0n) is 20.1. The van der Waals surface area contributed by atoms with Gasteiger partial charge in [0.05, 0.1) is 24.5 Å². The smallest absolute Gasteiger partial charge is 0.239 e. The zero-order chi connectivity index (χ0) is 24.0. The average Bonchev–Trinajstić information content (AvgIpc) is 3.18. The van der Waals surface area contributed by atoms with E-state index in [1.807, 2.05) is 67.6 Å². The fraction of sp³-hybridized carbons (Fsp3) is 0.346. The quantitative estimate of drug-likeness (QED) is 0.541. The Balaban J connectivity index is 1.65. The summed E-state index contributed by atoms with van der Waals surface area (Å²) < 4.78 is 1.74. The van der Waals surface area contributed by atoms with Crippen LogP contribution in [-0.4, -0.2) is 46.6 Å². The largest absolute Gasteiger partial charge is 0.325 e. The molecular formula is C26H33N5O2. The van der Waals surface area contributed by atoms with Crippen LogP contribution in [0.3, 0.4) is 0 Å². The Morgan fingerprint density at radius 1 is 0.939 bits per heavy atom. The van der Waals surface area contributed by atoms with Gasteiger partial charge in [-0.25, -0.2) is 4.68 Å². The van der Waals surface area contributed by atoms with Crippen LogP contribution in [-0.2, 0) is 21.4 Å². The molecule has 7 nitrogen and oxygen atoms in total. The Kier molecular flexibility index (Phi) is 7.66. The van der Waals surface area contributed by atoms with Crippen molar-refractivity contribution in [1.82, 2.24) is 14.7 Å². The van der Waals surface area contributed by atoms with Crippen LogP contribution >= 0.6 is 0 Å². The van der Waals surface area contributed by atoms with Crippen LogP contribution < -0.4 is 10.6 Å². The van der Waals surface area contributed by atoms with Crippen molar-refractivity contribution >= 4 is 23.3 Å². The van der Waals surface area contributed by atoms with Gasteiger partial charge in [-0.3, -0.25) is 14.5 Å². The molecule has 0 bridgehead atoms. The fourth-order valence-electron chi connectivity index (χ4n) is 3.47. The van der Waals surface area contributed by atoms with Crippen LogP contribution in [0.1, 0.15) is 39.0 Å². The molecular weight excluding hydrogens is 414 g/mol. The number of hydrogen-bond acceptors (Lipinski definition) is 4. The van der Waals surface area contributed by atoms with Gasteiger partial charge in [-0.2, -0.15) is 5.10 Å². The molecule has 0 aliphatic heterocycles. The maximum absolute atomic E-state index is 12.8. The van der Waals surface area contributed by atoms with Crippen LogP contribution in [0.5, 0.6) is 0 Å². The summed E-state index contributed by atoms with van der Waals surface area (Å²) >= 11 is 0. The van der Waals surface area contributed by atoms with Crippen LogP contribution in [0.2, 0.25) is 0 Å². The number of nitrogens with zero attached hydrogens (tertiary/aromatic N) is 3. The molecule has 0 aliphatic rings. The first-order valence-electron chi connectivity index (χ1n) is 11.2. The molecule has 3 rings (SSSR count). The van der Waals surface area contributed by atoms with Crippen molar-refractivity contribution in [3.63, 3.8) is 0 Å². The van der Waals surface area contributed by atoms with Crippen molar-refractivity contribution in [2.24, 2.45) is 0 Å². The molecule has 1 heterocycles. The summed E-state index contributed by atoms with van der Waals surface area (Å²) in [6, 6.07) is 19.3. The van der Waals surface area contributed by atoms with Gasteiger partial charge in [0.1, 0.15) is 5.82 Å². The van der Waals surface area contributed by atoms with Gasteiger partial charge in [-0.05, 0) is 37.2 Å². The first kappa shape index (κ1) is 24.2. The maximum Gasteiger partial charge on any atom is 0.239 e. The number of hydrogen-bond donors (Lipinski definition) is 2. The van der Waals surface area contributed by atoms with Crippen LogP contribution in [0.15, 0.2) is 60.7 Å². The number of amides is 2. The molecule has 0 aliphatic carbocycles. The number of rotatable bonds is 8. The summed E-state index contributed by atoms with van der Waals surface area (Å²) in [5, 5.41) is 10.6. The third-order valence-electron chi connectivity index (χ3n) is 5.25. The summed E-state index contributed by atoms with van der Waals surface area (Å²) in [7, 11) is 1.75. The number of aryl methyl sites for hydroxylation is 1. The van der Waals surface area contributed by atoms with Gasteiger partial charge in [0.15, 0.2) is 0 Å². The number of carbonyl (C=O) groups is 2. The van der Waals surface area contributed by atoms with E-state index in [2.05, 4.69) is 31.4 Å². The first-order valence-corrected chi connectivity index (χ1v) is 11.2. The molecule has 174 valence electrons. The maximum atomic E-state index is 12.8. The van der Waals surface area contributed by atoms with Crippen molar-refractivity contribution in [3.05, 3.63) is 71.9 Å². The standard InChI is InChI=1S/C26H33N5O2/c1-6-19-12-10-11-15-21(19)27-24(32)17-30(5)18-25(33)28-23-16-22(26(2,3)4)29-31(23)20-13-8-7-9-14-20/h7-16H,6,17-18H2,1-5H3,(H,27,32)(H,28,33). The van der Waals surface area contributed by atoms with Gasteiger partial charge in [0, 0.05) is 17.2 Å². The van der Waals surface area contributed by atoms with E-state index >= 15 is 0 Å². The summed E-state index contributed by atoms with van der Waals surface area (Å²) in [6.07, 6.45) is 0.834. The predicted octanol–water partition coefficient (Wildman–Crippen LogP) is 4.24. The van der Waals surface area contributed by atoms with Gasteiger partial charge in [0.2, 0.25) is 11.8 Å². The minimum absolute atomic E-state index is 0.0770. The molecule has 0 atom stereocenters. The van der Waals surface area contributed by atoms with Gasteiger partial charge in [-0.1, -0.05) is 64.1 Å². The average molecular weight is 448 g/mol. The normalized spacial score (nSPS) is 11.5. The minimum atomic E-state index is -0.211. The lowest BCUT2D eigenvalue weighted by molar-refractivity contribution is -0.119. The van der Waals surface area contributed by atoms with E-state index in [4.69, 9.17) is 5.10 Å². The van der Waals surface area contributed by atoms with E-state index in [1.165, 1.54) is 0 Å². The monoisotopic (exact) mass is 447 g/mol. The summed E-state index contributed by atoms with van der Waals surface area (Å²) in [6.45, 7) is 8.48. The number of carbonyl (C=O) groups excluding carboxylic acids is 2. The summed E-state index contributed by atoms with van der Waals surface area (Å²) in [4.78, 5) is 27.0. The highest BCUT2D eigenvalue weighted by Gasteiger charge is 2.22. The van der Waals surface area contributed by atoms with Gasteiger partial charge in [-0.15, -0.1) is 0 Å². The Bertz CT molecular complexity index is 1100. The lowest BCUT2D eigenvalue weighted by Crippen LogP contribution is -2.36. The van der Waals surface area contributed by atoms with Crippen LogP contribution in [0.4, 0.5) is 11.5 Å². The van der Waals surface area contributed by atoms with E-state index < -0.39 is 0 Å². The number of aromatic nitrogens is 2. The molecule has 2 N–H and O–H groups in total. The van der Waals surface area contributed by atoms with Crippen molar-refractivity contribution in [3.8, 4) is 5.69 Å². The second-order valence-corrected chi connectivity index (χ2v) is 9.19. The molecule has 0 fully saturated rings. The highest BCUT2D eigenvalue weighted by atomic mass is 16.2. The Labute approximate surface area is 195 Å². The Morgan fingerprint density at radius 3 is 2.18 bits per heavy atom. The van der Waals surface area contributed by atoms with Gasteiger partial charge in [0.25, 0.3) is 0 Å². The van der Waals surface area contributed by atoms with E-state index in [0.717, 1.165) is 29.1 Å². The molecule has 7 heteroatoms. The second kappa shape index (κ2) is 10.4. The topological polar surface area (TPSA) is 79.3 Å². The fourth-order valence-corrected chi connectivity index (χ4v) is 3.47. The molecule has 0 saturated heterocycles. The predicted molar refractivity (Wildman–Crippen MR) is 133 cm³/mol. The molecule has 0 spiro atoms. The molecule has 2 amide bonds. The number of anilines is 2. The number of benzene rings is 2. The molecule has 33 heavy (non-hydrogen) atoms. The van der Waals surface area contributed by atoms with E-state index in [1.54, 1.807) is 16.6 Å². The Morgan fingerprint density at radius 2 is 1.55 bits per heavy atom. The van der Waals surface area contributed by atoms with Crippen molar-refractivity contribution < 1.29 is 9.59 Å². The molecule has 2 aromatic carbocycles. The first-order chi connectivity index (χ1) is 15.7. The Hall–Kier alpha value is -3.45. The second-order valence-electron chi connectivity index (χ2n) is 9.19. The van der Waals surface area contributed by atoms with E-state index in [0.29, 0.717) is 5.82 Å². The summed E-state index contributed by atoms with van der Waals surface area (Å²) in [5.41, 5.74) is 3.47. The van der Waals surface area contributed by atoms with Crippen molar-refractivity contribution in [2.75, 3.05) is 30.8 Å². The van der Waals surface area contributed by atoms with E-state index in [9.17, 15) is 9.59 Å². The van der Waals surface area contributed by atoms with Gasteiger partial charge < -0.3 is 10.6 Å². The highest BCUT2D eigenvalue weighted by Crippen LogP contribution is 2.26. The highest BCUT2D eigenvalue weighted by molar-refractivity contribution is 5.95. The molecule has 0 radical (unpaired) electrons. The molecule has 3 aromatic rings. The van der Waals surface area contributed by atoms with Crippen molar-refractivity contribution in [2.45, 2.75) is 39.5 Å². The third kappa shape index (κ3) is 6.52. The lowest BCUT2D eigenvalue weighted by Gasteiger charge is -2.17. The number of nitrogens with one attached hydrogen (secondary N) is 2. The van der Waals surface area contributed by atoms with Crippen molar-refractivity contribution in [1.29, 1.82) is 0 Å². The molecule has 0 saturated carbocycles. The summed E-state index contributed by atoms with van der Waals surface area (Å²) in [5.74, 6) is 0.234. The number of likely N-dealkylation sites (N-methyl/N-ethyl adjacent to an activating group) is 1. The zero-order valence-corrected chi connectivity index (χ0v) is 20.1. The third-order valence-corrected chi connectivity index (χ3v) is 5.25. The molecule has 0 unspecified atom stereocenters. The minimum Gasteiger partial charge on any atom is -0.325 e. The van der Waals surface area contributed by atoms with Crippen LogP contribution in [0, 0.1) is 0 Å². The van der Waals surface area contributed by atoms with Crippen LogP contribution in [0.25, 0.3) is 5.69 Å². The van der Waals surface area contributed by atoms with E-state index in [-0.39, 0.29) is 30.3 Å². The van der Waals surface area contributed by atoms with Gasteiger partial charge >= 0.3 is 0 Å². The lowest BCUT2D eigenvalue weighted by atomic mass is 9.92.